The lowest BCUT2D eigenvalue weighted by atomic mass is 9.50. The molecular weight excluding hydrogens is 476 g/mol. The van der Waals surface area contributed by atoms with E-state index in [-0.39, 0.29) is 47.6 Å². The Morgan fingerprint density at radius 3 is 2.18 bits per heavy atom. The summed E-state index contributed by atoms with van der Waals surface area (Å²) in [5, 5.41) is 11.4. The van der Waals surface area contributed by atoms with Crippen LogP contribution in [0.2, 0.25) is 0 Å². The fourth-order valence-corrected chi connectivity index (χ4v) is 7.78. The molecule has 0 radical (unpaired) electrons. The minimum atomic E-state index is -1.40. The van der Waals surface area contributed by atoms with Crippen LogP contribution in [0, 0.1) is 22.7 Å². The van der Waals surface area contributed by atoms with E-state index in [4.69, 9.17) is 4.74 Å². The van der Waals surface area contributed by atoms with Gasteiger partial charge in [0.1, 0.15) is 22.3 Å². The molecule has 202 valence electrons. The van der Waals surface area contributed by atoms with Crippen LogP contribution >= 0.6 is 0 Å². The monoisotopic (exact) mass is 516 g/mol. The molecule has 0 aromatic heterocycles. The fraction of sp³-hybridized carbons (Fsp3) is 0.545. The van der Waals surface area contributed by atoms with Crippen molar-refractivity contribution in [3.63, 3.8) is 0 Å². The summed E-state index contributed by atoms with van der Waals surface area (Å²) in [6.07, 6.45) is 6.66. The van der Waals surface area contributed by atoms with E-state index in [2.05, 4.69) is 0 Å². The lowest BCUT2D eigenvalue weighted by Gasteiger charge is -2.48. The average molecular weight is 517 g/mol. The molecule has 5 atom stereocenters. The molecule has 1 N–H and O–H groups in total. The summed E-state index contributed by atoms with van der Waals surface area (Å²) in [6, 6.07) is 8.82. The van der Waals surface area contributed by atoms with Crippen LogP contribution in [0.3, 0.4) is 0 Å². The maximum absolute atomic E-state index is 15.0. The zero-order valence-corrected chi connectivity index (χ0v) is 23.5. The highest BCUT2D eigenvalue weighted by Gasteiger charge is 2.74. The number of allylic oxidation sites excluding steroid dienone is 6. The molecule has 4 aliphatic rings. The number of rotatable bonds is 6. The Labute approximate surface area is 226 Å². The minimum Gasteiger partial charge on any atom is -0.490 e. The van der Waals surface area contributed by atoms with E-state index in [0.29, 0.717) is 24.8 Å². The predicted molar refractivity (Wildman–Crippen MR) is 146 cm³/mol. The van der Waals surface area contributed by atoms with Crippen molar-refractivity contribution in [3.8, 4) is 0 Å². The van der Waals surface area contributed by atoms with Gasteiger partial charge in [-0.2, -0.15) is 0 Å². The maximum Gasteiger partial charge on any atom is 0.200 e. The van der Waals surface area contributed by atoms with Gasteiger partial charge in [0.2, 0.25) is 0 Å². The van der Waals surface area contributed by atoms with Crippen molar-refractivity contribution in [3.05, 3.63) is 70.5 Å². The smallest absolute Gasteiger partial charge is 0.200 e. The van der Waals surface area contributed by atoms with Crippen molar-refractivity contribution in [1.29, 1.82) is 0 Å². The number of hydrogen-bond donors (Lipinski definition) is 1. The summed E-state index contributed by atoms with van der Waals surface area (Å²) < 4.78 is 6.69. The molecule has 1 unspecified atom stereocenters. The highest BCUT2D eigenvalue weighted by molar-refractivity contribution is 6.34. The molecule has 3 fully saturated rings. The molecule has 38 heavy (non-hydrogen) atoms. The van der Waals surface area contributed by atoms with Crippen LogP contribution in [-0.2, 0) is 14.3 Å². The van der Waals surface area contributed by atoms with Crippen molar-refractivity contribution in [1.82, 2.24) is 0 Å². The average Bonchev–Trinajstić information content (AvgIpc) is 3.30. The molecule has 3 aliphatic carbocycles. The third-order valence-electron chi connectivity index (χ3n) is 9.76. The van der Waals surface area contributed by atoms with Gasteiger partial charge >= 0.3 is 0 Å². The number of ketones is 3. The molecule has 1 heterocycles. The van der Waals surface area contributed by atoms with Gasteiger partial charge in [-0.15, -0.1) is 0 Å². The van der Waals surface area contributed by atoms with Crippen molar-refractivity contribution >= 4 is 17.3 Å². The third kappa shape index (κ3) is 3.80. The first-order chi connectivity index (χ1) is 17.8. The Balaban J connectivity index is 1.79. The van der Waals surface area contributed by atoms with Crippen molar-refractivity contribution in [2.24, 2.45) is 22.7 Å². The Bertz CT molecular complexity index is 1270. The summed E-state index contributed by atoms with van der Waals surface area (Å²) in [4.78, 5) is 43.7. The van der Waals surface area contributed by atoms with E-state index in [1.54, 1.807) is 24.3 Å². The number of hydrogen-bond acceptors (Lipinski definition) is 5. The first-order valence-electron chi connectivity index (χ1n) is 13.9. The maximum atomic E-state index is 15.0. The second-order valence-corrected chi connectivity index (χ2v) is 13.1. The second-order valence-electron chi connectivity index (χ2n) is 13.1. The Hall–Kier alpha value is -2.79. The van der Waals surface area contributed by atoms with E-state index < -0.39 is 27.8 Å². The van der Waals surface area contributed by atoms with E-state index >= 15 is 0 Å². The SMILES string of the molecule is CC(C)=CCC1(CC=C(C)C)C(=O)C(C(=O)c2ccccc2)=C2O[C@]3(C)CC2(C[C@H]2[C@H]3CC[C@]2(C)O)C1=O. The molecule has 2 saturated carbocycles. The summed E-state index contributed by atoms with van der Waals surface area (Å²) >= 11 is 0. The van der Waals surface area contributed by atoms with Crippen molar-refractivity contribution in [2.45, 2.75) is 91.3 Å². The molecule has 5 rings (SSSR count). The van der Waals surface area contributed by atoms with E-state index in [1.807, 2.05) is 59.8 Å². The van der Waals surface area contributed by atoms with Gasteiger partial charge in [0.25, 0.3) is 0 Å². The zero-order chi connectivity index (χ0) is 27.7. The molecule has 5 heteroatoms. The van der Waals surface area contributed by atoms with Gasteiger partial charge in [-0.3, -0.25) is 14.4 Å². The van der Waals surface area contributed by atoms with E-state index in [0.717, 1.165) is 17.6 Å². The molecule has 1 aromatic rings. The number of benzene rings is 1. The van der Waals surface area contributed by atoms with Crippen LogP contribution in [0.25, 0.3) is 0 Å². The van der Waals surface area contributed by atoms with Gasteiger partial charge < -0.3 is 9.84 Å². The number of fused-ring (bicyclic) bond motifs is 3. The standard InChI is InChI=1S/C33H40O5/c1-20(2)12-16-32(17-13-21(3)4)27(35)25(26(34)22-10-8-7-9-11-22)28-33(29(32)36)18-24-23(14-15-30(24,5)37)31(6,19-33)38-28/h7-13,23-24,37H,14-19H2,1-6H3/t23-,24+,30+,31-,33?/m1/s1. The number of Topliss-reactive ketones (excluding diaryl/α,β-unsaturated/α-hetero) is 3. The lowest BCUT2D eigenvalue weighted by molar-refractivity contribution is -0.149. The molecule has 1 aliphatic heterocycles. The van der Waals surface area contributed by atoms with Crippen LogP contribution in [-0.4, -0.2) is 33.7 Å². The summed E-state index contributed by atoms with van der Waals surface area (Å²) in [6.45, 7) is 11.7. The number of ether oxygens (including phenoxy) is 1. The van der Waals surface area contributed by atoms with E-state index in [1.165, 1.54) is 0 Å². The Morgan fingerprint density at radius 2 is 1.61 bits per heavy atom. The summed E-state index contributed by atoms with van der Waals surface area (Å²) in [7, 11) is 0. The highest BCUT2D eigenvalue weighted by atomic mass is 16.5. The van der Waals surface area contributed by atoms with Gasteiger partial charge in [0.05, 0.1) is 11.0 Å². The topological polar surface area (TPSA) is 80.7 Å². The van der Waals surface area contributed by atoms with Crippen LogP contribution < -0.4 is 0 Å². The fourth-order valence-electron chi connectivity index (χ4n) is 7.78. The molecule has 0 amide bonds. The Morgan fingerprint density at radius 1 is 1.00 bits per heavy atom. The van der Waals surface area contributed by atoms with Gasteiger partial charge in [-0.05, 0) is 79.6 Å². The largest absolute Gasteiger partial charge is 0.490 e. The van der Waals surface area contributed by atoms with Crippen LogP contribution in [0.15, 0.2) is 65.0 Å². The van der Waals surface area contributed by atoms with Crippen molar-refractivity contribution in [2.75, 3.05) is 0 Å². The van der Waals surface area contributed by atoms with Gasteiger partial charge in [-0.1, -0.05) is 53.6 Å². The lowest BCUT2D eigenvalue weighted by Crippen LogP contribution is -2.57. The molecule has 1 spiro atoms. The van der Waals surface area contributed by atoms with E-state index in [9.17, 15) is 19.5 Å². The molecule has 1 saturated heterocycles. The first kappa shape index (κ1) is 26.8. The number of aliphatic hydroxyl groups is 1. The van der Waals surface area contributed by atoms with Gasteiger partial charge in [-0.25, -0.2) is 0 Å². The quantitative estimate of drug-likeness (QED) is 0.207. The third-order valence-corrected chi connectivity index (χ3v) is 9.76. The second kappa shape index (κ2) is 8.87. The van der Waals surface area contributed by atoms with Crippen LogP contribution in [0.1, 0.15) is 90.4 Å². The highest BCUT2D eigenvalue weighted by Crippen LogP contribution is 2.69. The van der Waals surface area contributed by atoms with Crippen LogP contribution in [0.5, 0.6) is 0 Å². The van der Waals surface area contributed by atoms with Gasteiger partial charge in [0.15, 0.2) is 17.3 Å². The number of carbonyl (C=O) groups excluding carboxylic acids is 3. The van der Waals surface area contributed by atoms with Crippen molar-refractivity contribution < 1.29 is 24.2 Å². The summed E-state index contributed by atoms with van der Waals surface area (Å²) in [5.41, 5.74) is -1.68. The molecular formula is C33H40O5. The zero-order valence-electron chi connectivity index (χ0n) is 23.5. The van der Waals surface area contributed by atoms with Crippen LogP contribution in [0.4, 0.5) is 0 Å². The predicted octanol–water partition coefficient (Wildman–Crippen LogP) is 6.32. The minimum absolute atomic E-state index is 0.0310. The molecule has 5 nitrogen and oxygen atoms in total. The molecule has 1 aromatic carbocycles. The first-order valence-corrected chi connectivity index (χ1v) is 13.9. The summed E-state index contributed by atoms with van der Waals surface area (Å²) in [5.74, 6) is -0.784. The normalized spacial score (nSPS) is 34.8. The number of carbonyl (C=O) groups is 3. The van der Waals surface area contributed by atoms with Gasteiger partial charge in [0, 0.05) is 17.9 Å². The Kier molecular flexibility index (Phi) is 6.26. The molecule has 2 bridgehead atoms.